The highest BCUT2D eigenvalue weighted by Crippen LogP contribution is 2.31. The quantitative estimate of drug-likeness (QED) is 0.552. The van der Waals surface area contributed by atoms with Gasteiger partial charge in [-0.2, -0.15) is 0 Å². The molecule has 1 nitrogen and oxygen atoms in total. The molecular formula is C6H9Cl3O. The third kappa shape index (κ3) is 6.69. The second-order valence-corrected chi connectivity index (χ2v) is 4.51. The summed E-state index contributed by atoms with van der Waals surface area (Å²) in [5.41, 5.74) is 0. The average molecular weight is 203 g/mol. The third-order valence-electron chi connectivity index (χ3n) is 0.906. The molecule has 0 aliphatic heterocycles. The number of halogens is 3. The monoisotopic (exact) mass is 202 g/mol. The Bertz CT molecular complexity index is 108. The Kier molecular flexibility index (Phi) is 4.70. The molecular weight excluding hydrogens is 194 g/mol. The van der Waals surface area contributed by atoms with E-state index in [1.807, 2.05) is 0 Å². The standard InChI is InChI=1S/C6H9Cl3O/c1-2-3-5(10)4-6(7,8)9/h2,5,10H,1,3-4H2. The SMILES string of the molecule is C=CCC(O)CC(Cl)(Cl)Cl. The van der Waals surface area contributed by atoms with Crippen LogP contribution < -0.4 is 0 Å². The van der Waals surface area contributed by atoms with Gasteiger partial charge in [0.2, 0.25) is 0 Å². The summed E-state index contributed by atoms with van der Waals surface area (Å²) in [4.78, 5) is 0. The molecule has 60 valence electrons. The molecule has 0 aromatic carbocycles. The molecule has 1 unspecified atom stereocenters. The molecule has 0 radical (unpaired) electrons. The van der Waals surface area contributed by atoms with Crippen molar-refractivity contribution in [1.82, 2.24) is 0 Å². The van der Waals surface area contributed by atoms with Crippen LogP contribution in [0.25, 0.3) is 0 Å². The molecule has 0 aromatic rings. The minimum Gasteiger partial charge on any atom is -0.393 e. The fraction of sp³-hybridized carbons (Fsp3) is 0.667. The first-order valence-electron chi connectivity index (χ1n) is 2.81. The fourth-order valence-corrected chi connectivity index (χ4v) is 1.08. The average Bonchev–Trinajstić information content (AvgIpc) is 1.59. The van der Waals surface area contributed by atoms with Gasteiger partial charge >= 0.3 is 0 Å². The molecule has 0 amide bonds. The smallest absolute Gasteiger partial charge is 0.193 e. The van der Waals surface area contributed by atoms with E-state index < -0.39 is 9.90 Å². The van der Waals surface area contributed by atoms with Crippen LogP contribution >= 0.6 is 34.8 Å². The van der Waals surface area contributed by atoms with Gasteiger partial charge in [0, 0.05) is 6.42 Å². The van der Waals surface area contributed by atoms with Crippen LogP contribution in [0.4, 0.5) is 0 Å². The molecule has 4 heteroatoms. The predicted molar refractivity (Wildman–Crippen MR) is 45.7 cm³/mol. The van der Waals surface area contributed by atoms with Crippen molar-refractivity contribution in [3.05, 3.63) is 12.7 Å². The minimum absolute atomic E-state index is 0.143. The summed E-state index contributed by atoms with van der Waals surface area (Å²) >= 11 is 16.2. The Morgan fingerprint density at radius 1 is 1.50 bits per heavy atom. The number of aliphatic hydroxyl groups is 1. The van der Waals surface area contributed by atoms with E-state index in [0.29, 0.717) is 6.42 Å². The summed E-state index contributed by atoms with van der Waals surface area (Å²) in [6.07, 6.45) is 1.57. The molecule has 0 saturated heterocycles. The Morgan fingerprint density at radius 2 is 2.00 bits per heavy atom. The second kappa shape index (κ2) is 4.45. The topological polar surface area (TPSA) is 20.2 Å². The van der Waals surface area contributed by atoms with Crippen LogP contribution in [0, 0.1) is 0 Å². The summed E-state index contributed by atoms with van der Waals surface area (Å²) < 4.78 is -1.36. The van der Waals surface area contributed by atoms with E-state index in [0.717, 1.165) is 0 Å². The van der Waals surface area contributed by atoms with Crippen molar-refractivity contribution in [3.8, 4) is 0 Å². The summed E-state index contributed by atoms with van der Waals surface area (Å²) in [5, 5.41) is 9.06. The van der Waals surface area contributed by atoms with Gasteiger partial charge in [0.25, 0.3) is 0 Å². The first kappa shape index (κ1) is 10.6. The number of aliphatic hydroxyl groups excluding tert-OH is 1. The lowest BCUT2D eigenvalue weighted by molar-refractivity contribution is 0.169. The van der Waals surface area contributed by atoms with Crippen molar-refractivity contribution in [1.29, 1.82) is 0 Å². The van der Waals surface area contributed by atoms with Crippen molar-refractivity contribution >= 4 is 34.8 Å². The van der Waals surface area contributed by atoms with Gasteiger partial charge in [-0.1, -0.05) is 40.9 Å². The molecule has 0 fully saturated rings. The van der Waals surface area contributed by atoms with E-state index in [1.54, 1.807) is 6.08 Å². The maximum atomic E-state index is 9.06. The van der Waals surface area contributed by atoms with Gasteiger partial charge in [-0.15, -0.1) is 6.58 Å². The van der Waals surface area contributed by atoms with Crippen LogP contribution in [0.5, 0.6) is 0 Å². The van der Waals surface area contributed by atoms with Gasteiger partial charge in [-0.05, 0) is 6.42 Å². The lowest BCUT2D eigenvalue weighted by Gasteiger charge is -2.14. The van der Waals surface area contributed by atoms with Crippen LogP contribution in [0.3, 0.4) is 0 Å². The summed E-state index contributed by atoms with van der Waals surface area (Å²) in [5.74, 6) is 0. The zero-order valence-electron chi connectivity index (χ0n) is 5.36. The molecule has 10 heavy (non-hydrogen) atoms. The molecule has 0 aliphatic rings. The zero-order chi connectivity index (χ0) is 8.20. The Balaban J connectivity index is 3.56. The van der Waals surface area contributed by atoms with Crippen LogP contribution in [-0.2, 0) is 0 Å². The van der Waals surface area contributed by atoms with Crippen LogP contribution in [-0.4, -0.2) is 15.0 Å². The molecule has 0 saturated carbocycles. The maximum absolute atomic E-state index is 9.06. The highest BCUT2D eigenvalue weighted by Gasteiger charge is 2.23. The lowest BCUT2D eigenvalue weighted by atomic mass is 10.2. The van der Waals surface area contributed by atoms with Crippen molar-refractivity contribution in [2.45, 2.75) is 22.7 Å². The Labute approximate surface area is 75.6 Å². The van der Waals surface area contributed by atoms with E-state index in [-0.39, 0.29) is 6.42 Å². The van der Waals surface area contributed by atoms with Crippen molar-refractivity contribution in [2.75, 3.05) is 0 Å². The van der Waals surface area contributed by atoms with Gasteiger partial charge in [0.05, 0.1) is 6.10 Å². The van der Waals surface area contributed by atoms with Crippen LogP contribution in [0.1, 0.15) is 12.8 Å². The van der Waals surface area contributed by atoms with E-state index >= 15 is 0 Å². The first-order valence-corrected chi connectivity index (χ1v) is 3.95. The maximum Gasteiger partial charge on any atom is 0.193 e. The zero-order valence-corrected chi connectivity index (χ0v) is 7.62. The Hall–Kier alpha value is 0.570. The van der Waals surface area contributed by atoms with E-state index in [1.165, 1.54) is 0 Å². The van der Waals surface area contributed by atoms with Crippen LogP contribution in [0.15, 0.2) is 12.7 Å². The number of hydrogen-bond donors (Lipinski definition) is 1. The molecule has 0 spiro atoms. The molecule has 0 rings (SSSR count). The summed E-state index contributed by atoms with van der Waals surface area (Å²) in [6.45, 7) is 3.44. The number of rotatable bonds is 3. The molecule has 0 aromatic heterocycles. The van der Waals surface area contributed by atoms with Gasteiger partial charge in [0.1, 0.15) is 0 Å². The van der Waals surface area contributed by atoms with Gasteiger partial charge in [-0.25, -0.2) is 0 Å². The van der Waals surface area contributed by atoms with Crippen molar-refractivity contribution in [3.63, 3.8) is 0 Å². The third-order valence-corrected chi connectivity index (χ3v) is 1.37. The molecule has 0 aliphatic carbocycles. The van der Waals surface area contributed by atoms with Crippen molar-refractivity contribution < 1.29 is 5.11 Å². The van der Waals surface area contributed by atoms with Gasteiger partial charge in [-0.3, -0.25) is 0 Å². The molecule has 1 N–H and O–H groups in total. The predicted octanol–water partition coefficient (Wildman–Crippen LogP) is 2.68. The molecule has 0 heterocycles. The largest absolute Gasteiger partial charge is 0.393 e. The summed E-state index contributed by atoms with van der Waals surface area (Å²) in [7, 11) is 0. The fourth-order valence-electron chi connectivity index (χ4n) is 0.543. The van der Waals surface area contributed by atoms with Crippen LogP contribution in [0.2, 0.25) is 0 Å². The van der Waals surface area contributed by atoms with E-state index in [9.17, 15) is 0 Å². The minimum atomic E-state index is -1.36. The first-order chi connectivity index (χ1) is 4.45. The molecule has 0 bridgehead atoms. The normalized spacial score (nSPS) is 14.8. The van der Waals surface area contributed by atoms with E-state index in [4.69, 9.17) is 39.9 Å². The number of hydrogen-bond acceptors (Lipinski definition) is 1. The molecule has 1 atom stereocenters. The highest BCUT2D eigenvalue weighted by atomic mass is 35.6. The highest BCUT2D eigenvalue weighted by molar-refractivity contribution is 6.67. The lowest BCUT2D eigenvalue weighted by Crippen LogP contribution is -2.15. The number of alkyl halides is 3. The van der Waals surface area contributed by atoms with E-state index in [2.05, 4.69) is 6.58 Å². The van der Waals surface area contributed by atoms with Crippen molar-refractivity contribution in [2.24, 2.45) is 0 Å². The van der Waals surface area contributed by atoms with Gasteiger partial charge < -0.3 is 5.11 Å². The second-order valence-electron chi connectivity index (χ2n) is 2.00. The Morgan fingerprint density at radius 3 is 2.30 bits per heavy atom. The summed E-state index contributed by atoms with van der Waals surface area (Å²) in [6, 6.07) is 0. The van der Waals surface area contributed by atoms with Gasteiger partial charge in [0.15, 0.2) is 3.79 Å².